The van der Waals surface area contributed by atoms with Crippen molar-refractivity contribution < 1.29 is 4.74 Å². The second kappa shape index (κ2) is 7.11. The molecule has 1 N–H and O–H groups in total. The quantitative estimate of drug-likeness (QED) is 0.808. The second-order valence-corrected chi connectivity index (χ2v) is 6.29. The number of hydrogen-bond acceptors (Lipinski definition) is 3. The van der Waals surface area contributed by atoms with Gasteiger partial charge in [-0.05, 0) is 31.6 Å². The molecule has 4 heteroatoms. The third-order valence-corrected chi connectivity index (χ3v) is 4.44. The van der Waals surface area contributed by atoms with Crippen LogP contribution in [0, 0.1) is 18.8 Å². The molecule has 0 aromatic carbocycles. The van der Waals surface area contributed by atoms with E-state index in [0.29, 0.717) is 12.6 Å². The Kier molecular flexibility index (Phi) is 5.46. The first-order valence-electron chi connectivity index (χ1n) is 7.91. The van der Waals surface area contributed by atoms with Crippen molar-refractivity contribution in [3.63, 3.8) is 0 Å². The zero-order valence-electron chi connectivity index (χ0n) is 13.4. The van der Waals surface area contributed by atoms with Gasteiger partial charge in [-0.25, -0.2) is 4.98 Å². The number of hydrogen-bond donors (Lipinski definition) is 1. The van der Waals surface area contributed by atoms with E-state index in [0.717, 1.165) is 30.0 Å². The van der Waals surface area contributed by atoms with Gasteiger partial charge in [0.1, 0.15) is 0 Å². The van der Waals surface area contributed by atoms with Gasteiger partial charge in [0.25, 0.3) is 0 Å². The van der Waals surface area contributed by atoms with Gasteiger partial charge in [0.05, 0.1) is 12.3 Å². The smallest absolute Gasteiger partial charge is 0.203 e. The van der Waals surface area contributed by atoms with Crippen molar-refractivity contribution in [1.82, 2.24) is 9.55 Å². The molecule has 0 radical (unpaired) electrons. The average Bonchev–Trinajstić information content (AvgIpc) is 2.80. The van der Waals surface area contributed by atoms with Gasteiger partial charge in [-0.3, -0.25) is 0 Å². The predicted molar refractivity (Wildman–Crippen MR) is 83.2 cm³/mol. The van der Waals surface area contributed by atoms with Gasteiger partial charge >= 0.3 is 0 Å². The SMILES string of the molecule is COCCNc1nc(C)cn1C1CCCCC1C(C)C. The maximum atomic E-state index is 5.12. The summed E-state index contributed by atoms with van der Waals surface area (Å²) in [5.74, 6) is 2.51. The van der Waals surface area contributed by atoms with Gasteiger partial charge in [-0.15, -0.1) is 0 Å². The number of ether oxygens (including phenoxy) is 1. The summed E-state index contributed by atoms with van der Waals surface area (Å²) >= 11 is 0. The van der Waals surface area contributed by atoms with Crippen molar-refractivity contribution in [2.45, 2.75) is 52.5 Å². The third kappa shape index (κ3) is 3.54. The van der Waals surface area contributed by atoms with Crippen LogP contribution >= 0.6 is 0 Å². The number of anilines is 1. The fourth-order valence-corrected chi connectivity index (χ4v) is 3.43. The van der Waals surface area contributed by atoms with Gasteiger partial charge < -0.3 is 14.6 Å². The summed E-state index contributed by atoms with van der Waals surface area (Å²) in [7, 11) is 1.73. The Hall–Kier alpha value is -1.03. The molecule has 0 aliphatic heterocycles. The van der Waals surface area contributed by atoms with E-state index in [1.54, 1.807) is 7.11 Å². The summed E-state index contributed by atoms with van der Waals surface area (Å²) in [6.07, 6.45) is 7.54. The standard InChI is InChI=1S/C16H29N3O/c1-12(2)14-7-5-6-8-15(14)19-11-13(3)18-16(19)17-9-10-20-4/h11-12,14-15H,5-10H2,1-4H3,(H,17,18). The number of nitrogens with zero attached hydrogens (tertiary/aromatic N) is 2. The minimum absolute atomic E-state index is 0.593. The Bertz CT molecular complexity index is 414. The molecule has 2 atom stereocenters. The van der Waals surface area contributed by atoms with E-state index in [1.807, 2.05) is 0 Å². The van der Waals surface area contributed by atoms with E-state index >= 15 is 0 Å². The number of imidazole rings is 1. The Balaban J connectivity index is 2.16. The molecular weight excluding hydrogens is 250 g/mol. The highest BCUT2D eigenvalue weighted by Crippen LogP contribution is 2.39. The van der Waals surface area contributed by atoms with Crippen LogP contribution in [0.15, 0.2) is 6.20 Å². The van der Waals surface area contributed by atoms with Crippen LogP contribution in [0.3, 0.4) is 0 Å². The molecule has 1 heterocycles. The number of rotatable bonds is 6. The number of aryl methyl sites for hydroxylation is 1. The molecule has 2 unspecified atom stereocenters. The summed E-state index contributed by atoms with van der Waals surface area (Å²) < 4.78 is 7.50. The van der Waals surface area contributed by atoms with Gasteiger partial charge in [-0.2, -0.15) is 0 Å². The highest BCUT2D eigenvalue weighted by Gasteiger charge is 2.30. The average molecular weight is 279 g/mol. The zero-order chi connectivity index (χ0) is 14.5. The van der Waals surface area contributed by atoms with Gasteiger partial charge in [0, 0.05) is 25.9 Å². The van der Waals surface area contributed by atoms with Crippen LogP contribution in [0.4, 0.5) is 5.95 Å². The topological polar surface area (TPSA) is 39.1 Å². The fourth-order valence-electron chi connectivity index (χ4n) is 3.43. The monoisotopic (exact) mass is 279 g/mol. The molecule has 2 rings (SSSR count). The lowest BCUT2D eigenvalue weighted by atomic mass is 9.77. The minimum Gasteiger partial charge on any atom is -0.383 e. The zero-order valence-corrected chi connectivity index (χ0v) is 13.4. The number of aromatic nitrogens is 2. The fraction of sp³-hybridized carbons (Fsp3) is 0.812. The van der Waals surface area contributed by atoms with Crippen LogP contribution in [0.25, 0.3) is 0 Å². The first kappa shape index (κ1) is 15.4. The van der Waals surface area contributed by atoms with Crippen LogP contribution in [0.2, 0.25) is 0 Å². The largest absolute Gasteiger partial charge is 0.383 e. The minimum atomic E-state index is 0.593. The summed E-state index contributed by atoms with van der Waals surface area (Å²) in [5.41, 5.74) is 1.10. The van der Waals surface area contributed by atoms with E-state index in [1.165, 1.54) is 25.7 Å². The Morgan fingerprint density at radius 1 is 1.40 bits per heavy atom. The van der Waals surface area contributed by atoms with Crippen LogP contribution in [-0.2, 0) is 4.74 Å². The van der Waals surface area contributed by atoms with Gasteiger partial charge in [0.2, 0.25) is 5.95 Å². The second-order valence-electron chi connectivity index (χ2n) is 6.29. The lowest BCUT2D eigenvalue weighted by Gasteiger charge is -2.36. The third-order valence-electron chi connectivity index (χ3n) is 4.44. The van der Waals surface area contributed by atoms with Crippen LogP contribution in [0.5, 0.6) is 0 Å². The molecule has 1 aliphatic carbocycles. The van der Waals surface area contributed by atoms with Crippen LogP contribution < -0.4 is 5.32 Å². The van der Waals surface area contributed by atoms with Crippen molar-refractivity contribution in [2.24, 2.45) is 11.8 Å². The van der Waals surface area contributed by atoms with E-state index in [4.69, 9.17) is 4.74 Å². The van der Waals surface area contributed by atoms with E-state index in [2.05, 4.69) is 41.8 Å². The van der Waals surface area contributed by atoms with Crippen molar-refractivity contribution in [2.75, 3.05) is 25.6 Å². The summed E-state index contributed by atoms with van der Waals surface area (Å²) in [6, 6.07) is 0.593. The van der Waals surface area contributed by atoms with Crippen LogP contribution in [-0.4, -0.2) is 29.8 Å². The van der Waals surface area contributed by atoms with Crippen molar-refractivity contribution >= 4 is 5.95 Å². The molecule has 0 spiro atoms. The van der Waals surface area contributed by atoms with Gasteiger partial charge in [-0.1, -0.05) is 26.7 Å². The first-order valence-corrected chi connectivity index (χ1v) is 7.91. The first-order chi connectivity index (χ1) is 9.63. The number of methoxy groups -OCH3 is 1. The molecule has 20 heavy (non-hydrogen) atoms. The van der Waals surface area contributed by atoms with Crippen molar-refractivity contribution in [3.8, 4) is 0 Å². The molecule has 0 bridgehead atoms. The number of nitrogens with one attached hydrogen (secondary N) is 1. The molecule has 1 aromatic rings. The van der Waals surface area contributed by atoms with Gasteiger partial charge in [0.15, 0.2) is 0 Å². The lowest BCUT2D eigenvalue weighted by molar-refractivity contribution is 0.185. The van der Waals surface area contributed by atoms with Crippen LogP contribution in [0.1, 0.15) is 51.3 Å². The van der Waals surface area contributed by atoms with Crippen molar-refractivity contribution in [3.05, 3.63) is 11.9 Å². The molecule has 1 fully saturated rings. The highest BCUT2D eigenvalue weighted by molar-refractivity contribution is 5.30. The molecule has 1 saturated carbocycles. The Morgan fingerprint density at radius 2 is 2.15 bits per heavy atom. The summed E-state index contributed by atoms with van der Waals surface area (Å²) in [4.78, 5) is 4.65. The molecule has 0 amide bonds. The van der Waals surface area contributed by atoms with E-state index < -0.39 is 0 Å². The van der Waals surface area contributed by atoms with E-state index in [9.17, 15) is 0 Å². The molecule has 0 saturated heterocycles. The maximum absolute atomic E-state index is 5.12. The molecule has 4 nitrogen and oxygen atoms in total. The van der Waals surface area contributed by atoms with E-state index in [-0.39, 0.29) is 0 Å². The summed E-state index contributed by atoms with van der Waals surface area (Å²) in [5, 5.41) is 3.42. The molecule has 114 valence electrons. The maximum Gasteiger partial charge on any atom is 0.203 e. The summed E-state index contributed by atoms with van der Waals surface area (Å²) in [6.45, 7) is 8.30. The van der Waals surface area contributed by atoms with Crippen molar-refractivity contribution in [1.29, 1.82) is 0 Å². The Morgan fingerprint density at radius 3 is 2.85 bits per heavy atom. The molecule has 1 aromatic heterocycles. The Labute approximate surface area is 122 Å². The molecule has 1 aliphatic rings. The molecular formula is C16H29N3O. The predicted octanol–water partition coefficient (Wildman–Crippen LogP) is 3.64. The highest BCUT2D eigenvalue weighted by atomic mass is 16.5. The lowest BCUT2D eigenvalue weighted by Crippen LogP contribution is -2.28. The normalized spacial score (nSPS) is 23.2.